The van der Waals surface area contributed by atoms with Gasteiger partial charge in [0.25, 0.3) is 0 Å². The molecule has 4 rings (SSSR count). The van der Waals surface area contributed by atoms with Crippen LogP contribution in [-0.4, -0.2) is 23.5 Å². The Kier molecular flexibility index (Phi) is 3.68. The van der Waals surface area contributed by atoms with Crippen LogP contribution in [-0.2, 0) is 10.7 Å². The Morgan fingerprint density at radius 1 is 1.04 bits per heavy atom. The molecule has 0 N–H and O–H groups in total. The van der Waals surface area contributed by atoms with Crippen molar-refractivity contribution < 1.29 is 12.9 Å². The van der Waals surface area contributed by atoms with Crippen LogP contribution in [0.2, 0.25) is 0 Å². The lowest BCUT2D eigenvalue weighted by atomic mass is 10.1. The molecule has 0 saturated heterocycles. The molecule has 3 aromatic rings. The van der Waals surface area contributed by atoms with Gasteiger partial charge in [0.1, 0.15) is 0 Å². The number of rotatable bonds is 4. The van der Waals surface area contributed by atoms with Gasteiger partial charge in [0.2, 0.25) is 11.7 Å². The van der Waals surface area contributed by atoms with Crippen LogP contribution < -0.4 is 0 Å². The second-order valence-electron chi connectivity index (χ2n) is 6.81. The number of nitrogens with zero attached hydrogens (tertiary/aromatic N) is 3. The zero-order chi connectivity index (χ0) is 17.6. The predicted molar refractivity (Wildman–Crippen MR) is 91.8 cm³/mol. The lowest BCUT2D eigenvalue weighted by molar-refractivity contribution is 0.368. The minimum Gasteiger partial charge on any atom is -0.339 e. The van der Waals surface area contributed by atoms with Crippen LogP contribution in [0.25, 0.3) is 11.4 Å². The Hall–Kier alpha value is -2.54. The molecule has 1 fully saturated rings. The third-order valence-corrected chi connectivity index (χ3v) is 5.52. The van der Waals surface area contributed by atoms with Crippen molar-refractivity contribution in [2.45, 2.75) is 30.7 Å². The molecule has 1 aromatic carbocycles. The number of aromatic nitrogens is 3. The maximum atomic E-state index is 11.0. The molecule has 0 radical (unpaired) electrons. The molecule has 0 aliphatic heterocycles. The molecular weight excluding hydrogens is 338 g/mol. The Labute approximate surface area is 146 Å². The third-order valence-electron chi connectivity index (χ3n) is 4.88. The van der Waals surface area contributed by atoms with Crippen molar-refractivity contribution in [2.24, 2.45) is 5.41 Å². The highest BCUT2D eigenvalue weighted by molar-refractivity contribution is 7.72. The van der Waals surface area contributed by atoms with E-state index in [0.29, 0.717) is 11.7 Å². The Balaban J connectivity index is 1.62. The van der Waals surface area contributed by atoms with Crippen LogP contribution in [0.15, 0.2) is 58.2 Å². The molecule has 0 unspecified atom stereocenters. The van der Waals surface area contributed by atoms with E-state index >= 15 is 0 Å². The van der Waals surface area contributed by atoms with Crippen molar-refractivity contribution in [3.8, 4) is 11.4 Å². The highest BCUT2D eigenvalue weighted by Gasteiger charge is 2.62. The maximum absolute atomic E-state index is 11.0. The van der Waals surface area contributed by atoms with E-state index in [-0.39, 0.29) is 22.3 Å². The van der Waals surface area contributed by atoms with E-state index in [1.54, 1.807) is 6.20 Å². The Morgan fingerprint density at radius 3 is 2.44 bits per heavy atom. The molecule has 2 aromatic heterocycles. The topological polar surface area (TPSA) is 86.0 Å². The summed E-state index contributed by atoms with van der Waals surface area (Å²) in [4.78, 5) is 8.59. The molecule has 7 heteroatoms. The largest absolute Gasteiger partial charge is 0.339 e. The van der Waals surface area contributed by atoms with E-state index in [9.17, 15) is 8.42 Å². The van der Waals surface area contributed by atoms with Crippen molar-refractivity contribution in [2.75, 3.05) is 0 Å². The van der Waals surface area contributed by atoms with Gasteiger partial charge in [-0.1, -0.05) is 55.4 Å². The molecule has 6 nitrogen and oxygen atoms in total. The Bertz CT molecular complexity index is 970. The fourth-order valence-corrected chi connectivity index (χ4v) is 3.82. The quantitative estimate of drug-likeness (QED) is 0.724. The summed E-state index contributed by atoms with van der Waals surface area (Å²) in [5, 5.41) is 4.18. The molecule has 2 heterocycles. The van der Waals surface area contributed by atoms with Gasteiger partial charge in [-0.25, -0.2) is 13.4 Å². The van der Waals surface area contributed by atoms with Gasteiger partial charge in [0.15, 0.2) is 15.7 Å². The van der Waals surface area contributed by atoms with E-state index in [2.05, 4.69) is 29.0 Å². The van der Waals surface area contributed by atoms with Crippen LogP contribution in [0, 0.1) is 5.41 Å². The number of thiol groups is 1. The van der Waals surface area contributed by atoms with Gasteiger partial charge in [-0.15, -0.1) is 0 Å². The summed E-state index contributed by atoms with van der Waals surface area (Å²) in [7, 11) is -2.66. The van der Waals surface area contributed by atoms with E-state index in [1.807, 2.05) is 36.4 Å². The molecule has 128 valence electrons. The van der Waals surface area contributed by atoms with Gasteiger partial charge in [-0.05, 0) is 17.0 Å². The zero-order valence-corrected chi connectivity index (χ0v) is 14.7. The fraction of sp³-hybridized carbons (Fsp3) is 0.278. The number of pyridine rings is 1. The normalized spacial score (nSPS) is 21.4. The van der Waals surface area contributed by atoms with Crippen LogP contribution in [0.3, 0.4) is 0 Å². The molecule has 1 aliphatic carbocycles. The number of hydrogen-bond acceptors (Lipinski definition) is 6. The smallest absolute Gasteiger partial charge is 0.231 e. The highest BCUT2D eigenvalue weighted by atomic mass is 32.2. The van der Waals surface area contributed by atoms with Gasteiger partial charge in [0, 0.05) is 17.7 Å². The van der Waals surface area contributed by atoms with Crippen molar-refractivity contribution >= 4 is 10.7 Å². The van der Waals surface area contributed by atoms with Gasteiger partial charge in [-0.2, -0.15) is 4.98 Å². The van der Waals surface area contributed by atoms with Crippen LogP contribution in [0.5, 0.6) is 0 Å². The summed E-state index contributed by atoms with van der Waals surface area (Å²) >= 11 is 0. The van der Waals surface area contributed by atoms with Crippen LogP contribution >= 0.6 is 0 Å². The van der Waals surface area contributed by atoms with Crippen molar-refractivity contribution in [1.29, 1.82) is 0 Å². The Morgan fingerprint density at radius 2 is 1.80 bits per heavy atom. The molecular formula is C18H17N3O3S. The first-order valence-corrected chi connectivity index (χ1v) is 9.15. The summed E-state index contributed by atoms with van der Waals surface area (Å²) in [6, 6.07) is 13.0. The monoisotopic (exact) mass is 355 g/mol. The van der Waals surface area contributed by atoms with Crippen molar-refractivity contribution in [1.82, 2.24) is 15.1 Å². The van der Waals surface area contributed by atoms with E-state index in [4.69, 9.17) is 4.52 Å². The summed E-state index contributed by atoms with van der Waals surface area (Å²) in [6.45, 7) is 4.27. The molecule has 2 atom stereocenters. The van der Waals surface area contributed by atoms with E-state index in [0.717, 1.165) is 11.1 Å². The van der Waals surface area contributed by atoms with Gasteiger partial charge in [0.05, 0.1) is 5.92 Å². The summed E-state index contributed by atoms with van der Waals surface area (Å²) in [6.07, 6.45) is 1.63. The van der Waals surface area contributed by atoms with Crippen LogP contribution in [0.4, 0.5) is 0 Å². The lowest BCUT2D eigenvalue weighted by Gasteiger charge is -2.01. The number of benzene rings is 1. The van der Waals surface area contributed by atoms with Gasteiger partial charge >= 0.3 is 0 Å². The van der Waals surface area contributed by atoms with Crippen molar-refractivity contribution in [3.05, 3.63) is 60.1 Å². The second kappa shape index (κ2) is 5.77. The first-order chi connectivity index (χ1) is 12.0. The molecule has 0 spiro atoms. The second-order valence-corrected chi connectivity index (χ2v) is 7.78. The zero-order valence-electron chi connectivity index (χ0n) is 13.8. The minimum absolute atomic E-state index is 0.0522. The van der Waals surface area contributed by atoms with Gasteiger partial charge < -0.3 is 4.52 Å². The molecule has 0 bridgehead atoms. The first kappa shape index (κ1) is 16.0. The van der Waals surface area contributed by atoms with E-state index < -0.39 is 10.7 Å². The summed E-state index contributed by atoms with van der Waals surface area (Å²) in [5.41, 5.74) is 1.84. The molecule has 25 heavy (non-hydrogen) atoms. The lowest BCUT2D eigenvalue weighted by Crippen LogP contribution is -1.92. The SMILES string of the molecule is CC1(C)[C@@H](c2ccc([SH](=O)=O)nc2)[C@@H]1c1nc(-c2ccccc2)no1. The maximum Gasteiger partial charge on any atom is 0.231 e. The summed E-state index contributed by atoms with van der Waals surface area (Å²) < 4.78 is 27.5. The highest BCUT2D eigenvalue weighted by Crippen LogP contribution is 2.69. The van der Waals surface area contributed by atoms with Crippen molar-refractivity contribution in [3.63, 3.8) is 0 Å². The standard InChI is InChI=1S/C18H17N3O3S/c1-18(2)14(12-8-9-13(19-10-12)25(22)23)15(18)17-20-16(21-24-17)11-6-4-3-5-7-11/h3-10,14-15,25H,1-2H3/t14-,15+/m0/s1. The fourth-order valence-electron chi connectivity index (χ4n) is 3.48. The predicted octanol–water partition coefficient (Wildman–Crippen LogP) is 3.01. The van der Waals surface area contributed by atoms with E-state index in [1.165, 1.54) is 6.07 Å². The first-order valence-electron chi connectivity index (χ1n) is 7.98. The van der Waals surface area contributed by atoms with Gasteiger partial charge in [-0.3, -0.25) is 0 Å². The average Bonchev–Trinajstić information content (AvgIpc) is 2.96. The average molecular weight is 355 g/mol. The number of hydrogen-bond donors (Lipinski definition) is 1. The molecule has 1 saturated carbocycles. The summed E-state index contributed by atoms with van der Waals surface area (Å²) in [5.74, 6) is 1.44. The molecule has 0 amide bonds. The minimum atomic E-state index is -2.66. The van der Waals surface area contributed by atoms with Crippen LogP contribution in [0.1, 0.15) is 37.1 Å². The third kappa shape index (κ3) is 2.74. The molecule has 1 aliphatic rings.